The van der Waals surface area contributed by atoms with Gasteiger partial charge in [0, 0.05) is 42.0 Å². The van der Waals surface area contributed by atoms with Gasteiger partial charge >= 0.3 is 0 Å². The van der Waals surface area contributed by atoms with Crippen molar-refractivity contribution in [3.8, 4) is 0 Å². The summed E-state index contributed by atoms with van der Waals surface area (Å²) in [6, 6.07) is 7.18. The molecule has 1 unspecified atom stereocenters. The lowest BCUT2D eigenvalue weighted by molar-refractivity contribution is -0.384. The lowest BCUT2D eigenvalue weighted by atomic mass is 9.98. The summed E-state index contributed by atoms with van der Waals surface area (Å²) in [5, 5.41) is 18.4. The molecule has 2 rings (SSSR count). The third-order valence-corrected chi connectivity index (χ3v) is 3.90. The molecule has 0 radical (unpaired) electrons. The van der Waals surface area contributed by atoms with Crippen LogP contribution in [0.1, 0.15) is 33.6 Å². The number of nitro benzene ring substituents is 1. The van der Waals surface area contributed by atoms with E-state index in [4.69, 9.17) is 8.76 Å². The van der Waals surface area contributed by atoms with E-state index in [2.05, 4.69) is 36.1 Å². The molecule has 1 fully saturated rings. The monoisotopic (exact) mass is 357 g/mol. The lowest BCUT2D eigenvalue weighted by Gasteiger charge is -2.41. The first-order valence-corrected chi connectivity index (χ1v) is 8.83. The summed E-state index contributed by atoms with van der Waals surface area (Å²) in [7, 11) is 0. The summed E-state index contributed by atoms with van der Waals surface area (Å²) in [5.74, 6) is 0. The predicted octanol–water partition coefficient (Wildman–Crippen LogP) is 2.01. The number of benzene rings is 1. The number of hydrogen-bond donors (Lipinski definition) is 2. The van der Waals surface area contributed by atoms with Gasteiger partial charge in [0.05, 0.1) is 4.92 Å². The lowest BCUT2D eigenvalue weighted by Crippen LogP contribution is -2.48. The summed E-state index contributed by atoms with van der Waals surface area (Å²) in [4.78, 5) is 13.1. The van der Waals surface area contributed by atoms with Crippen molar-refractivity contribution in [2.75, 3.05) is 18.4 Å². The molecule has 0 aliphatic carbocycles. The van der Waals surface area contributed by atoms with E-state index in [1.165, 1.54) is 0 Å². The van der Waals surface area contributed by atoms with E-state index in [0.717, 1.165) is 25.9 Å². The predicted molar refractivity (Wildman–Crippen MR) is 94.2 cm³/mol. The van der Waals surface area contributed by atoms with Crippen molar-refractivity contribution in [3.63, 3.8) is 0 Å². The van der Waals surface area contributed by atoms with Gasteiger partial charge in [-0.1, -0.05) is 12.1 Å². The molecule has 1 aromatic rings. The number of nitrogens with two attached hydrogens (primary N) is 1. The average Bonchev–Trinajstić information content (AvgIpc) is 2.46. The zero-order chi connectivity index (χ0) is 18.3. The van der Waals surface area contributed by atoms with E-state index >= 15 is 0 Å². The van der Waals surface area contributed by atoms with Crippen molar-refractivity contribution in [2.24, 2.45) is 5.14 Å². The largest absolute Gasteiger partial charge is 0.760 e. The quantitative estimate of drug-likeness (QED) is 0.484. The van der Waals surface area contributed by atoms with Crippen LogP contribution in [0.15, 0.2) is 24.3 Å². The Balaban J connectivity index is 0.000000648. The average molecular weight is 357 g/mol. The van der Waals surface area contributed by atoms with Gasteiger partial charge in [-0.2, -0.15) is 0 Å². The van der Waals surface area contributed by atoms with Crippen molar-refractivity contribution in [2.45, 2.75) is 45.2 Å². The Morgan fingerprint density at radius 2 is 1.79 bits per heavy atom. The van der Waals surface area contributed by atoms with Crippen LogP contribution in [0.5, 0.6) is 0 Å². The fourth-order valence-electron chi connectivity index (χ4n) is 2.67. The molecule has 0 amide bonds. The number of rotatable bonds is 3. The number of likely N-dealkylation sites (tertiary alicyclic amines) is 1. The highest BCUT2D eigenvalue weighted by Gasteiger charge is 2.27. The Labute approximate surface area is 145 Å². The van der Waals surface area contributed by atoms with Crippen LogP contribution in [0.4, 0.5) is 11.4 Å². The Hall–Kier alpha value is -1.55. The number of nitrogens with one attached hydrogen (secondary N) is 1. The molecular weight excluding hydrogens is 332 g/mol. The van der Waals surface area contributed by atoms with Crippen molar-refractivity contribution in [1.29, 1.82) is 0 Å². The fourth-order valence-corrected chi connectivity index (χ4v) is 2.67. The molecule has 0 spiro atoms. The van der Waals surface area contributed by atoms with Crippen LogP contribution >= 0.6 is 0 Å². The number of hydrogen-bond acceptors (Lipinski definition) is 6. The van der Waals surface area contributed by atoms with Gasteiger partial charge < -0.3 is 9.87 Å². The molecule has 8 nitrogen and oxygen atoms in total. The van der Waals surface area contributed by atoms with Gasteiger partial charge in [0.2, 0.25) is 0 Å². The molecule has 0 aromatic heterocycles. The fraction of sp³-hybridized carbons (Fsp3) is 0.600. The van der Waals surface area contributed by atoms with Gasteiger partial charge in [-0.15, -0.1) is 0 Å². The van der Waals surface area contributed by atoms with Crippen molar-refractivity contribution in [3.05, 3.63) is 34.4 Å². The molecule has 1 aromatic carbocycles. The molecule has 24 heavy (non-hydrogen) atoms. The highest BCUT2D eigenvalue weighted by molar-refractivity contribution is 7.76. The molecule has 1 heterocycles. The zero-order valence-electron chi connectivity index (χ0n) is 14.2. The highest BCUT2D eigenvalue weighted by Crippen LogP contribution is 2.27. The van der Waals surface area contributed by atoms with Gasteiger partial charge in [-0.25, -0.2) is 0 Å². The Bertz CT molecular complexity index is 565. The number of anilines is 1. The first-order chi connectivity index (χ1) is 11.1. The normalized spacial score (nSPS) is 17.5. The van der Waals surface area contributed by atoms with E-state index < -0.39 is 11.3 Å². The molecule has 1 aliphatic rings. The van der Waals surface area contributed by atoms with E-state index in [9.17, 15) is 10.1 Å². The van der Waals surface area contributed by atoms with Crippen LogP contribution in [0, 0.1) is 10.1 Å². The van der Waals surface area contributed by atoms with Crippen molar-refractivity contribution >= 4 is 22.6 Å². The molecule has 1 saturated heterocycles. The van der Waals surface area contributed by atoms with Gasteiger partial charge in [-0.3, -0.25) is 24.4 Å². The summed E-state index contributed by atoms with van der Waals surface area (Å²) in [6.45, 7) is 8.73. The van der Waals surface area contributed by atoms with Crippen LogP contribution in [0.25, 0.3) is 0 Å². The molecule has 0 bridgehead atoms. The zero-order valence-corrected chi connectivity index (χ0v) is 15.0. The second-order valence-corrected chi connectivity index (χ2v) is 7.13. The standard InChI is InChI=1S/C15H23N3O2.H3NO2S/c1-15(2,3)17-10-8-12(9-11-17)16-13-6-4-5-7-14(13)18(19)20;1-4(2)3/h4-7,12,16H,8-11H2,1-3H3;1H2,(H,2,3)/p-1. The van der Waals surface area contributed by atoms with Crippen LogP contribution < -0.4 is 10.5 Å². The minimum atomic E-state index is -2.36. The van der Waals surface area contributed by atoms with Crippen LogP contribution in [0.2, 0.25) is 0 Å². The van der Waals surface area contributed by atoms with E-state index in [1.807, 2.05) is 6.07 Å². The Morgan fingerprint density at radius 1 is 1.29 bits per heavy atom. The number of piperidine rings is 1. The minimum Gasteiger partial charge on any atom is -0.760 e. The molecule has 9 heteroatoms. The summed E-state index contributed by atoms with van der Waals surface area (Å²) < 4.78 is 17.6. The molecule has 0 saturated carbocycles. The topological polar surface area (TPSA) is 125 Å². The second kappa shape index (κ2) is 9.07. The SMILES string of the molecule is CC(C)(C)N1CCC(Nc2ccccc2[N+](=O)[O-])CC1.NS(=O)[O-]. The molecule has 136 valence electrons. The Kier molecular flexibility index (Phi) is 7.74. The summed E-state index contributed by atoms with van der Waals surface area (Å²) in [5.41, 5.74) is 0.987. The van der Waals surface area contributed by atoms with E-state index in [-0.39, 0.29) is 16.1 Å². The Morgan fingerprint density at radius 3 is 2.25 bits per heavy atom. The third-order valence-electron chi connectivity index (χ3n) is 3.90. The first kappa shape index (κ1) is 20.5. The van der Waals surface area contributed by atoms with E-state index in [1.54, 1.807) is 18.2 Å². The van der Waals surface area contributed by atoms with Crippen LogP contribution in [-0.4, -0.2) is 43.3 Å². The van der Waals surface area contributed by atoms with Crippen LogP contribution in [0.3, 0.4) is 0 Å². The smallest absolute Gasteiger partial charge is 0.292 e. The maximum atomic E-state index is 11.0. The molecule has 1 atom stereocenters. The minimum absolute atomic E-state index is 0.158. The van der Waals surface area contributed by atoms with Gasteiger partial charge in [-0.05, 0) is 39.7 Å². The third kappa shape index (κ3) is 6.91. The summed E-state index contributed by atoms with van der Waals surface area (Å²) in [6.07, 6.45) is 2.03. The van der Waals surface area contributed by atoms with Gasteiger partial charge in [0.25, 0.3) is 5.69 Å². The maximum Gasteiger partial charge on any atom is 0.292 e. The molecule has 1 aliphatic heterocycles. The molecule has 3 N–H and O–H groups in total. The number of nitrogens with zero attached hydrogens (tertiary/aromatic N) is 2. The van der Waals surface area contributed by atoms with Crippen molar-refractivity contribution in [1.82, 2.24) is 4.90 Å². The van der Waals surface area contributed by atoms with Gasteiger partial charge in [0.1, 0.15) is 5.69 Å². The van der Waals surface area contributed by atoms with E-state index in [0.29, 0.717) is 11.7 Å². The highest BCUT2D eigenvalue weighted by atomic mass is 32.2. The number of nitro groups is 1. The van der Waals surface area contributed by atoms with Crippen molar-refractivity contribution < 1.29 is 13.7 Å². The number of para-hydroxylation sites is 2. The maximum absolute atomic E-state index is 11.0. The first-order valence-electron chi connectivity index (χ1n) is 7.70. The van der Waals surface area contributed by atoms with Crippen LogP contribution in [-0.2, 0) is 11.3 Å². The molecular formula is C15H25N4O4S-. The summed E-state index contributed by atoms with van der Waals surface area (Å²) >= 11 is -2.36. The second-order valence-electron chi connectivity index (χ2n) is 6.61. The van der Waals surface area contributed by atoms with Gasteiger partial charge in [0.15, 0.2) is 0 Å².